The molecular formula is C57H100O5. The second-order valence-corrected chi connectivity index (χ2v) is 17.4. The van der Waals surface area contributed by atoms with Crippen molar-refractivity contribution in [2.45, 2.75) is 258 Å². The number of unbranched alkanes of at least 4 members (excludes halogenated alkanes) is 25. The molecule has 5 heteroatoms. The number of rotatable bonds is 48. The van der Waals surface area contributed by atoms with Crippen LogP contribution in [0.1, 0.15) is 252 Å². The van der Waals surface area contributed by atoms with Gasteiger partial charge in [-0.3, -0.25) is 9.59 Å². The smallest absolute Gasteiger partial charge is 0.306 e. The first-order chi connectivity index (χ1) is 30.6. The maximum absolute atomic E-state index is 12.8. The second kappa shape index (κ2) is 52.7. The Morgan fingerprint density at radius 3 is 1.23 bits per heavy atom. The molecule has 5 nitrogen and oxygen atoms in total. The Bertz CT molecular complexity index is 1110. The Morgan fingerprint density at radius 2 is 0.758 bits per heavy atom. The molecule has 0 heterocycles. The summed E-state index contributed by atoms with van der Waals surface area (Å²) in [6.45, 7) is 7.64. The van der Waals surface area contributed by atoms with Gasteiger partial charge in [0, 0.05) is 19.4 Å². The van der Waals surface area contributed by atoms with E-state index in [-0.39, 0.29) is 25.2 Å². The average Bonchev–Trinajstić information content (AvgIpc) is 3.27. The minimum absolute atomic E-state index is 0.0734. The molecule has 0 radical (unpaired) electrons. The number of esters is 2. The van der Waals surface area contributed by atoms with Crippen molar-refractivity contribution < 1.29 is 23.8 Å². The van der Waals surface area contributed by atoms with Gasteiger partial charge in [-0.15, -0.1) is 0 Å². The molecule has 0 aromatic rings. The fourth-order valence-electron chi connectivity index (χ4n) is 7.30. The fraction of sp³-hybridized carbons (Fsp3) is 0.754. The molecule has 0 spiro atoms. The number of allylic oxidation sites excluding steroid dienone is 12. The highest BCUT2D eigenvalue weighted by Crippen LogP contribution is 2.15. The molecule has 0 aliphatic rings. The van der Waals surface area contributed by atoms with E-state index in [0.717, 1.165) is 83.5 Å². The van der Waals surface area contributed by atoms with Gasteiger partial charge in [0.15, 0.2) is 6.10 Å². The van der Waals surface area contributed by atoms with E-state index in [4.69, 9.17) is 14.2 Å². The van der Waals surface area contributed by atoms with Crippen LogP contribution in [0.5, 0.6) is 0 Å². The summed E-state index contributed by atoms with van der Waals surface area (Å²) in [6.07, 6.45) is 67.6. The zero-order valence-electron chi connectivity index (χ0n) is 41.1. The first-order valence-electron chi connectivity index (χ1n) is 26.5. The van der Waals surface area contributed by atoms with Gasteiger partial charge in [-0.1, -0.05) is 229 Å². The van der Waals surface area contributed by atoms with Crippen LogP contribution in [0.3, 0.4) is 0 Å². The summed E-state index contributed by atoms with van der Waals surface area (Å²) in [4.78, 5) is 25.4. The van der Waals surface area contributed by atoms with Gasteiger partial charge < -0.3 is 14.2 Å². The Hall–Kier alpha value is -2.66. The summed E-state index contributed by atoms with van der Waals surface area (Å²) in [5.41, 5.74) is 0. The van der Waals surface area contributed by atoms with Gasteiger partial charge in [-0.25, -0.2) is 0 Å². The van der Waals surface area contributed by atoms with Crippen LogP contribution in [0.25, 0.3) is 0 Å². The minimum Gasteiger partial charge on any atom is -0.462 e. The zero-order valence-corrected chi connectivity index (χ0v) is 41.1. The van der Waals surface area contributed by atoms with Crippen molar-refractivity contribution in [1.82, 2.24) is 0 Å². The topological polar surface area (TPSA) is 61.8 Å². The Labute approximate surface area is 385 Å². The van der Waals surface area contributed by atoms with Crippen LogP contribution >= 0.6 is 0 Å². The molecule has 0 N–H and O–H groups in total. The van der Waals surface area contributed by atoms with E-state index < -0.39 is 6.10 Å². The highest BCUT2D eigenvalue weighted by atomic mass is 16.6. The van der Waals surface area contributed by atoms with Gasteiger partial charge in [0.1, 0.15) is 6.61 Å². The molecule has 0 aliphatic heterocycles. The van der Waals surface area contributed by atoms with Crippen LogP contribution in [-0.2, 0) is 23.8 Å². The van der Waals surface area contributed by atoms with Gasteiger partial charge in [0.05, 0.1) is 6.61 Å². The Balaban J connectivity index is 4.28. The van der Waals surface area contributed by atoms with Crippen LogP contribution in [0.15, 0.2) is 72.9 Å². The fourth-order valence-corrected chi connectivity index (χ4v) is 7.30. The molecule has 0 saturated carbocycles. The van der Waals surface area contributed by atoms with E-state index in [2.05, 4.69) is 93.7 Å². The van der Waals surface area contributed by atoms with E-state index >= 15 is 0 Å². The number of carbonyl (C=O) groups excluding carboxylic acids is 2. The summed E-state index contributed by atoms with van der Waals surface area (Å²) in [6, 6.07) is 0. The standard InChI is InChI=1S/C57H100O5/c1-4-7-10-13-16-19-22-25-27-28-29-30-31-33-35-38-41-44-47-50-56(58)61-54-55(53-60-52-49-46-43-40-37-34-26-23-20-17-14-11-8-5-2)62-57(59)51-48-45-42-39-36-32-24-21-18-15-12-9-6-3/h7,10-11,14,16,19-20,23,25,27,29-30,55H,4-6,8-9,12-13,15,17-18,21-22,24,26,28,31-54H2,1-3H3/b10-7-,14-11-,19-16-,23-20-,27-25-,30-29-. The lowest BCUT2D eigenvalue weighted by atomic mass is 10.0. The average molecular weight is 865 g/mol. The van der Waals surface area contributed by atoms with Gasteiger partial charge in [0.2, 0.25) is 0 Å². The monoisotopic (exact) mass is 865 g/mol. The Kier molecular flexibility index (Phi) is 50.4. The zero-order chi connectivity index (χ0) is 44.9. The molecule has 0 aliphatic carbocycles. The maximum atomic E-state index is 12.8. The first-order valence-corrected chi connectivity index (χ1v) is 26.5. The normalized spacial score (nSPS) is 12.8. The number of carbonyl (C=O) groups is 2. The SMILES string of the molecule is CC/C=C\C/C=C\C/C=C\C/C=C\CCCCCCCCC(=O)OCC(COCCCCCCCC/C=C\C/C=C\CCC)OC(=O)CCCCCCCCCCCCCCC. The van der Waals surface area contributed by atoms with Crippen LogP contribution in [0, 0.1) is 0 Å². The predicted octanol–water partition coefficient (Wildman–Crippen LogP) is 17.9. The van der Waals surface area contributed by atoms with Crippen molar-refractivity contribution in [3.8, 4) is 0 Å². The quantitative estimate of drug-likeness (QED) is 0.0346. The third-order valence-corrected chi connectivity index (χ3v) is 11.2. The number of hydrogen-bond donors (Lipinski definition) is 0. The molecule has 358 valence electrons. The van der Waals surface area contributed by atoms with Gasteiger partial charge in [-0.05, 0) is 83.5 Å². The molecule has 62 heavy (non-hydrogen) atoms. The van der Waals surface area contributed by atoms with Crippen LogP contribution in [0.2, 0.25) is 0 Å². The van der Waals surface area contributed by atoms with E-state index in [1.54, 1.807) is 0 Å². The van der Waals surface area contributed by atoms with E-state index in [1.807, 2.05) is 0 Å². The van der Waals surface area contributed by atoms with Crippen molar-refractivity contribution in [3.05, 3.63) is 72.9 Å². The maximum Gasteiger partial charge on any atom is 0.306 e. The van der Waals surface area contributed by atoms with Crippen LogP contribution in [-0.4, -0.2) is 37.9 Å². The molecule has 0 saturated heterocycles. The highest BCUT2D eigenvalue weighted by molar-refractivity contribution is 5.70. The van der Waals surface area contributed by atoms with E-state index in [1.165, 1.54) is 135 Å². The van der Waals surface area contributed by atoms with Crippen LogP contribution in [0.4, 0.5) is 0 Å². The van der Waals surface area contributed by atoms with Gasteiger partial charge in [0.25, 0.3) is 0 Å². The first kappa shape index (κ1) is 59.3. The summed E-state index contributed by atoms with van der Waals surface area (Å²) >= 11 is 0. The van der Waals surface area contributed by atoms with Gasteiger partial charge >= 0.3 is 11.9 Å². The lowest BCUT2D eigenvalue weighted by molar-refractivity contribution is -0.163. The third kappa shape index (κ3) is 50.0. The van der Waals surface area contributed by atoms with Crippen molar-refractivity contribution >= 4 is 11.9 Å². The predicted molar refractivity (Wildman–Crippen MR) is 270 cm³/mol. The molecule has 0 rings (SSSR count). The molecule has 0 fully saturated rings. The molecule has 0 bridgehead atoms. The molecular weight excluding hydrogens is 765 g/mol. The number of hydrogen-bond acceptors (Lipinski definition) is 5. The largest absolute Gasteiger partial charge is 0.462 e. The molecule has 1 unspecified atom stereocenters. The highest BCUT2D eigenvalue weighted by Gasteiger charge is 2.17. The third-order valence-electron chi connectivity index (χ3n) is 11.2. The summed E-state index contributed by atoms with van der Waals surface area (Å²) in [5.74, 6) is -0.413. The van der Waals surface area contributed by atoms with Crippen molar-refractivity contribution in [3.63, 3.8) is 0 Å². The lowest BCUT2D eigenvalue weighted by Gasteiger charge is -2.18. The van der Waals surface area contributed by atoms with Crippen molar-refractivity contribution in [2.75, 3.05) is 19.8 Å². The molecule has 0 amide bonds. The molecule has 1 atom stereocenters. The molecule has 0 aromatic heterocycles. The summed E-state index contributed by atoms with van der Waals surface area (Å²) in [5, 5.41) is 0. The van der Waals surface area contributed by atoms with E-state index in [9.17, 15) is 9.59 Å². The minimum atomic E-state index is -0.547. The van der Waals surface area contributed by atoms with Crippen molar-refractivity contribution in [1.29, 1.82) is 0 Å². The Morgan fingerprint density at radius 1 is 0.371 bits per heavy atom. The summed E-state index contributed by atoms with van der Waals surface area (Å²) in [7, 11) is 0. The molecule has 0 aromatic carbocycles. The van der Waals surface area contributed by atoms with E-state index in [0.29, 0.717) is 19.4 Å². The summed E-state index contributed by atoms with van der Waals surface area (Å²) < 4.78 is 17.4. The number of ether oxygens (including phenoxy) is 3. The van der Waals surface area contributed by atoms with Crippen LogP contribution < -0.4 is 0 Å². The van der Waals surface area contributed by atoms with Gasteiger partial charge in [-0.2, -0.15) is 0 Å². The van der Waals surface area contributed by atoms with Crippen molar-refractivity contribution in [2.24, 2.45) is 0 Å². The lowest BCUT2D eigenvalue weighted by Crippen LogP contribution is -2.30. The second-order valence-electron chi connectivity index (χ2n) is 17.4.